The van der Waals surface area contributed by atoms with Gasteiger partial charge in [-0.05, 0) is 23.1 Å². The van der Waals surface area contributed by atoms with E-state index in [2.05, 4.69) is 85.0 Å². The number of benzene rings is 3. The van der Waals surface area contributed by atoms with Gasteiger partial charge in [-0.25, -0.2) is 0 Å². The zero-order valence-corrected chi connectivity index (χ0v) is 18.9. The van der Waals surface area contributed by atoms with Crippen molar-refractivity contribution in [2.75, 3.05) is 25.5 Å². The van der Waals surface area contributed by atoms with Gasteiger partial charge in [-0.3, -0.25) is 4.79 Å². The molecule has 0 atom stereocenters. The molecule has 0 aliphatic heterocycles. The highest BCUT2D eigenvalue weighted by atomic mass is 32.2. The molecule has 3 rings (SSSR count). The van der Waals surface area contributed by atoms with Crippen LogP contribution in [0.5, 0.6) is 0 Å². The summed E-state index contributed by atoms with van der Waals surface area (Å²) < 4.78 is 5.06. The molecule has 1 N–H and O–H groups in total. The van der Waals surface area contributed by atoms with Crippen molar-refractivity contribution in [2.24, 2.45) is 0 Å². The van der Waals surface area contributed by atoms with Crippen LogP contribution in [0.2, 0.25) is 0 Å². The molecule has 31 heavy (non-hydrogen) atoms. The van der Waals surface area contributed by atoms with Crippen molar-refractivity contribution >= 4 is 17.7 Å². The second-order valence-corrected chi connectivity index (χ2v) is 8.65. The second kappa shape index (κ2) is 12.3. The molecule has 0 saturated heterocycles. The van der Waals surface area contributed by atoms with E-state index >= 15 is 0 Å². The summed E-state index contributed by atoms with van der Waals surface area (Å²) in [6, 6.07) is 31.7. The number of thioether (sulfide) groups is 1. The number of hydrogen-bond donors (Lipinski definition) is 1. The fourth-order valence-corrected chi connectivity index (χ4v) is 5.16. The molecule has 3 nitrogen and oxygen atoms in total. The number of rotatable bonds is 12. The third-order valence-electron chi connectivity index (χ3n) is 5.11. The molecular weight excluding hydrogens is 402 g/mol. The molecule has 0 spiro atoms. The van der Waals surface area contributed by atoms with Crippen LogP contribution in [0.15, 0.2) is 91.0 Å². The van der Waals surface area contributed by atoms with E-state index in [1.165, 1.54) is 16.7 Å². The summed E-state index contributed by atoms with van der Waals surface area (Å²) >= 11 is 1.81. The highest BCUT2D eigenvalue weighted by molar-refractivity contribution is 8.00. The van der Waals surface area contributed by atoms with Crippen LogP contribution < -0.4 is 5.32 Å². The number of ether oxygens (including phenoxy) is 1. The second-order valence-electron chi connectivity index (χ2n) is 7.34. The molecule has 3 aromatic rings. The van der Waals surface area contributed by atoms with E-state index in [0.29, 0.717) is 25.3 Å². The Labute approximate surface area is 190 Å². The van der Waals surface area contributed by atoms with E-state index in [1.807, 2.05) is 30.0 Å². The van der Waals surface area contributed by atoms with Gasteiger partial charge >= 0.3 is 0 Å². The average Bonchev–Trinajstić information content (AvgIpc) is 2.83. The van der Waals surface area contributed by atoms with Gasteiger partial charge in [-0.1, -0.05) is 97.9 Å². The molecule has 0 bridgehead atoms. The SMILES string of the molecule is CCCOCCNC(=O)CCSC(c1ccccc1)(c1ccccc1)c1ccccc1. The topological polar surface area (TPSA) is 38.3 Å². The van der Waals surface area contributed by atoms with Crippen LogP contribution in [-0.4, -0.2) is 31.4 Å². The van der Waals surface area contributed by atoms with E-state index < -0.39 is 0 Å². The molecule has 0 fully saturated rings. The first-order chi connectivity index (χ1) is 15.3. The van der Waals surface area contributed by atoms with Gasteiger partial charge in [0.15, 0.2) is 0 Å². The summed E-state index contributed by atoms with van der Waals surface area (Å²) in [5.74, 6) is 0.774. The Hall–Kier alpha value is -2.56. The van der Waals surface area contributed by atoms with Crippen LogP contribution in [0.3, 0.4) is 0 Å². The molecule has 0 saturated carbocycles. The summed E-state index contributed by atoms with van der Waals surface area (Å²) in [6.45, 7) is 3.94. The van der Waals surface area contributed by atoms with Gasteiger partial charge in [0, 0.05) is 25.3 Å². The molecule has 0 heterocycles. The third kappa shape index (κ3) is 6.22. The van der Waals surface area contributed by atoms with Crippen molar-refractivity contribution in [3.63, 3.8) is 0 Å². The Balaban J connectivity index is 1.81. The molecule has 0 aliphatic carbocycles. The van der Waals surface area contributed by atoms with E-state index in [0.717, 1.165) is 13.0 Å². The van der Waals surface area contributed by atoms with Gasteiger partial charge in [-0.2, -0.15) is 0 Å². The van der Waals surface area contributed by atoms with Gasteiger partial charge in [0.1, 0.15) is 0 Å². The Morgan fingerprint density at radius 2 is 1.29 bits per heavy atom. The maximum Gasteiger partial charge on any atom is 0.220 e. The van der Waals surface area contributed by atoms with Gasteiger partial charge < -0.3 is 10.1 Å². The van der Waals surface area contributed by atoms with Crippen molar-refractivity contribution in [3.8, 4) is 0 Å². The summed E-state index contributed by atoms with van der Waals surface area (Å²) in [7, 11) is 0. The lowest BCUT2D eigenvalue weighted by atomic mass is 9.84. The fourth-order valence-electron chi connectivity index (χ4n) is 3.66. The van der Waals surface area contributed by atoms with Crippen LogP contribution >= 0.6 is 11.8 Å². The Bertz CT molecular complexity index is 804. The first kappa shape index (κ1) is 23.1. The quantitative estimate of drug-likeness (QED) is 0.296. The highest BCUT2D eigenvalue weighted by Crippen LogP contribution is 2.48. The predicted molar refractivity (Wildman–Crippen MR) is 130 cm³/mol. The van der Waals surface area contributed by atoms with Crippen LogP contribution in [0, 0.1) is 0 Å². The minimum atomic E-state index is -0.381. The van der Waals surface area contributed by atoms with Gasteiger partial charge in [-0.15, -0.1) is 11.8 Å². The number of carbonyl (C=O) groups is 1. The van der Waals surface area contributed by atoms with Crippen LogP contribution in [0.25, 0.3) is 0 Å². The third-order valence-corrected chi connectivity index (χ3v) is 6.65. The first-order valence-corrected chi connectivity index (χ1v) is 11.9. The molecule has 0 aromatic heterocycles. The number of nitrogens with one attached hydrogen (secondary N) is 1. The molecule has 162 valence electrons. The van der Waals surface area contributed by atoms with Gasteiger partial charge in [0.05, 0.1) is 11.4 Å². The average molecular weight is 434 g/mol. The predicted octanol–water partition coefficient (Wildman–Crippen LogP) is 5.64. The summed E-state index contributed by atoms with van der Waals surface area (Å²) in [5, 5.41) is 2.97. The fraction of sp³-hybridized carbons (Fsp3) is 0.296. The van der Waals surface area contributed by atoms with E-state index in [-0.39, 0.29) is 10.7 Å². The Morgan fingerprint density at radius 3 is 1.74 bits per heavy atom. The molecule has 4 heteroatoms. The zero-order chi connectivity index (χ0) is 21.8. The summed E-state index contributed by atoms with van der Waals surface area (Å²) in [5.41, 5.74) is 3.64. The lowest BCUT2D eigenvalue weighted by Gasteiger charge is -2.35. The number of hydrogen-bond acceptors (Lipinski definition) is 3. The van der Waals surface area contributed by atoms with Crippen LogP contribution in [0.4, 0.5) is 0 Å². The summed E-state index contributed by atoms with van der Waals surface area (Å²) in [4.78, 5) is 12.4. The Morgan fingerprint density at radius 1 is 0.806 bits per heavy atom. The van der Waals surface area contributed by atoms with Crippen molar-refractivity contribution in [1.29, 1.82) is 0 Å². The number of amides is 1. The standard InChI is InChI=1S/C27H31NO2S/c1-2-20-30-21-19-28-26(29)18-22-31-27(23-12-6-3-7-13-23,24-14-8-4-9-15-24)25-16-10-5-11-17-25/h3-17H,2,18-22H2,1H3,(H,28,29). The molecule has 3 aromatic carbocycles. The maximum absolute atomic E-state index is 12.4. The smallest absolute Gasteiger partial charge is 0.220 e. The monoisotopic (exact) mass is 433 g/mol. The normalized spacial score (nSPS) is 11.3. The molecule has 0 unspecified atom stereocenters. The largest absolute Gasteiger partial charge is 0.380 e. The molecule has 0 radical (unpaired) electrons. The van der Waals surface area contributed by atoms with E-state index in [1.54, 1.807) is 0 Å². The number of carbonyl (C=O) groups excluding carboxylic acids is 1. The van der Waals surface area contributed by atoms with E-state index in [4.69, 9.17) is 4.74 Å². The van der Waals surface area contributed by atoms with Gasteiger partial charge in [0.2, 0.25) is 5.91 Å². The molecule has 1 amide bonds. The molecule has 0 aliphatic rings. The van der Waals surface area contributed by atoms with Crippen molar-refractivity contribution in [1.82, 2.24) is 5.32 Å². The minimum absolute atomic E-state index is 0.0654. The summed E-state index contributed by atoms with van der Waals surface area (Å²) in [6.07, 6.45) is 1.46. The first-order valence-electron chi connectivity index (χ1n) is 10.9. The Kier molecular flexibility index (Phi) is 9.19. The maximum atomic E-state index is 12.4. The van der Waals surface area contributed by atoms with Crippen LogP contribution in [-0.2, 0) is 14.3 Å². The van der Waals surface area contributed by atoms with Crippen molar-refractivity contribution < 1.29 is 9.53 Å². The van der Waals surface area contributed by atoms with Gasteiger partial charge in [0.25, 0.3) is 0 Å². The zero-order valence-electron chi connectivity index (χ0n) is 18.1. The van der Waals surface area contributed by atoms with Crippen LogP contribution in [0.1, 0.15) is 36.5 Å². The highest BCUT2D eigenvalue weighted by Gasteiger charge is 2.36. The lowest BCUT2D eigenvalue weighted by molar-refractivity contribution is -0.120. The minimum Gasteiger partial charge on any atom is -0.380 e. The van der Waals surface area contributed by atoms with E-state index in [9.17, 15) is 4.79 Å². The lowest BCUT2D eigenvalue weighted by Crippen LogP contribution is -2.29. The van der Waals surface area contributed by atoms with Crippen molar-refractivity contribution in [2.45, 2.75) is 24.5 Å². The van der Waals surface area contributed by atoms with Crippen molar-refractivity contribution in [3.05, 3.63) is 108 Å². The molecular formula is C27H31NO2S.